The van der Waals surface area contributed by atoms with Gasteiger partial charge >= 0.3 is 0 Å². The average molecular weight is 233 g/mol. The van der Waals surface area contributed by atoms with Gasteiger partial charge in [-0.15, -0.1) is 0 Å². The van der Waals surface area contributed by atoms with Crippen LogP contribution in [0.1, 0.15) is 18.0 Å². The molecule has 1 N–H and O–H groups in total. The van der Waals surface area contributed by atoms with Crippen LogP contribution in [-0.2, 0) is 0 Å². The van der Waals surface area contributed by atoms with Crippen molar-refractivity contribution < 1.29 is 4.39 Å². The third-order valence-electron chi connectivity index (χ3n) is 3.03. The van der Waals surface area contributed by atoms with E-state index in [1.807, 2.05) is 6.07 Å². The molecule has 90 valence electrons. The van der Waals surface area contributed by atoms with E-state index in [2.05, 4.69) is 16.3 Å². The summed E-state index contributed by atoms with van der Waals surface area (Å²) in [5.74, 6) is -0.282. The summed E-state index contributed by atoms with van der Waals surface area (Å²) in [5.41, 5.74) is 0.745. The van der Waals surface area contributed by atoms with Gasteiger partial charge in [0, 0.05) is 19.6 Å². The van der Waals surface area contributed by atoms with E-state index in [1.165, 1.54) is 12.1 Å². The number of nitrogens with one attached hydrogen (secondary N) is 1. The molecule has 1 unspecified atom stereocenters. The molecule has 1 saturated heterocycles. The maximum atomic E-state index is 13.2. The molecule has 1 fully saturated rings. The summed E-state index contributed by atoms with van der Waals surface area (Å²) >= 11 is 0. The van der Waals surface area contributed by atoms with Crippen LogP contribution in [0.15, 0.2) is 24.3 Å². The molecule has 0 radical (unpaired) electrons. The molecule has 0 aromatic heterocycles. The number of halogens is 1. The Labute approximate surface area is 101 Å². The standard InChI is InChI=1S/C13H16FN3/c14-12-4-1-3-11(9-12)13(10-15)17-7-2-5-16-6-8-17/h1,3-4,9,13,16H,2,5-8H2. The van der Waals surface area contributed by atoms with Crippen molar-refractivity contribution in [1.82, 2.24) is 10.2 Å². The number of nitriles is 1. The summed E-state index contributed by atoms with van der Waals surface area (Å²) in [6.45, 7) is 3.57. The zero-order valence-electron chi connectivity index (χ0n) is 9.69. The van der Waals surface area contributed by atoms with Gasteiger partial charge in [-0.2, -0.15) is 5.26 Å². The van der Waals surface area contributed by atoms with Crippen LogP contribution in [0.2, 0.25) is 0 Å². The second-order valence-electron chi connectivity index (χ2n) is 4.23. The van der Waals surface area contributed by atoms with Gasteiger partial charge in [-0.05, 0) is 30.7 Å². The topological polar surface area (TPSA) is 39.1 Å². The zero-order valence-corrected chi connectivity index (χ0v) is 9.69. The highest BCUT2D eigenvalue weighted by molar-refractivity contribution is 5.25. The lowest BCUT2D eigenvalue weighted by molar-refractivity contribution is 0.252. The monoisotopic (exact) mass is 233 g/mol. The fourth-order valence-electron chi connectivity index (χ4n) is 2.17. The molecule has 0 amide bonds. The van der Waals surface area contributed by atoms with Crippen molar-refractivity contribution in [3.8, 4) is 6.07 Å². The van der Waals surface area contributed by atoms with Crippen LogP contribution in [0.4, 0.5) is 4.39 Å². The molecular weight excluding hydrogens is 217 g/mol. The lowest BCUT2D eigenvalue weighted by atomic mass is 10.1. The Morgan fingerprint density at radius 2 is 2.24 bits per heavy atom. The highest BCUT2D eigenvalue weighted by Gasteiger charge is 2.21. The van der Waals surface area contributed by atoms with E-state index < -0.39 is 0 Å². The third-order valence-corrected chi connectivity index (χ3v) is 3.03. The maximum absolute atomic E-state index is 13.2. The number of rotatable bonds is 2. The lowest BCUT2D eigenvalue weighted by Gasteiger charge is -2.25. The van der Waals surface area contributed by atoms with Crippen molar-refractivity contribution in [1.29, 1.82) is 5.26 Å². The van der Waals surface area contributed by atoms with Crippen molar-refractivity contribution in [2.45, 2.75) is 12.5 Å². The summed E-state index contributed by atoms with van der Waals surface area (Å²) in [5, 5.41) is 12.6. The highest BCUT2D eigenvalue weighted by atomic mass is 19.1. The van der Waals surface area contributed by atoms with E-state index in [4.69, 9.17) is 0 Å². The summed E-state index contributed by atoms with van der Waals surface area (Å²) in [6.07, 6.45) is 1.02. The molecular formula is C13H16FN3. The van der Waals surface area contributed by atoms with E-state index in [1.54, 1.807) is 6.07 Å². The SMILES string of the molecule is N#CC(c1cccc(F)c1)N1CCCNCC1. The van der Waals surface area contributed by atoms with Crippen LogP contribution in [0.5, 0.6) is 0 Å². The van der Waals surface area contributed by atoms with Crippen LogP contribution in [0.25, 0.3) is 0 Å². The number of hydrogen-bond donors (Lipinski definition) is 1. The van der Waals surface area contributed by atoms with Crippen LogP contribution in [0, 0.1) is 17.1 Å². The van der Waals surface area contributed by atoms with E-state index in [0.717, 1.165) is 38.2 Å². The Morgan fingerprint density at radius 3 is 3.00 bits per heavy atom. The fraction of sp³-hybridized carbons (Fsp3) is 0.462. The molecule has 2 rings (SSSR count). The smallest absolute Gasteiger partial charge is 0.124 e. The van der Waals surface area contributed by atoms with Crippen molar-refractivity contribution in [3.63, 3.8) is 0 Å². The van der Waals surface area contributed by atoms with Gasteiger partial charge in [-0.25, -0.2) is 4.39 Å². The Hall–Kier alpha value is -1.44. The van der Waals surface area contributed by atoms with E-state index in [9.17, 15) is 9.65 Å². The Balaban J connectivity index is 2.18. The molecule has 1 aliphatic heterocycles. The first-order valence-corrected chi connectivity index (χ1v) is 5.91. The van der Waals surface area contributed by atoms with E-state index in [0.29, 0.717) is 0 Å². The first-order chi connectivity index (χ1) is 8.31. The first kappa shape index (κ1) is 12.0. The van der Waals surface area contributed by atoms with Crippen molar-refractivity contribution in [3.05, 3.63) is 35.6 Å². The average Bonchev–Trinajstić information content (AvgIpc) is 2.59. The molecule has 1 atom stereocenters. The van der Waals surface area contributed by atoms with E-state index in [-0.39, 0.29) is 11.9 Å². The van der Waals surface area contributed by atoms with Gasteiger partial charge in [-0.3, -0.25) is 4.90 Å². The minimum absolute atomic E-state index is 0.282. The number of hydrogen-bond acceptors (Lipinski definition) is 3. The van der Waals surface area contributed by atoms with Crippen LogP contribution in [-0.4, -0.2) is 31.1 Å². The second-order valence-corrected chi connectivity index (χ2v) is 4.23. The maximum Gasteiger partial charge on any atom is 0.124 e. The van der Waals surface area contributed by atoms with Crippen molar-refractivity contribution >= 4 is 0 Å². The molecule has 4 heteroatoms. The lowest BCUT2D eigenvalue weighted by Crippen LogP contribution is -2.31. The van der Waals surface area contributed by atoms with Crippen molar-refractivity contribution in [2.75, 3.05) is 26.2 Å². The van der Waals surface area contributed by atoms with Crippen molar-refractivity contribution in [2.24, 2.45) is 0 Å². The molecule has 0 saturated carbocycles. The Bertz CT molecular complexity index is 405. The fourth-order valence-corrected chi connectivity index (χ4v) is 2.17. The van der Waals surface area contributed by atoms with Crippen LogP contribution < -0.4 is 5.32 Å². The molecule has 0 aliphatic carbocycles. The summed E-state index contributed by atoms with van der Waals surface area (Å²) in [6, 6.07) is 8.26. The predicted molar refractivity (Wildman–Crippen MR) is 63.8 cm³/mol. The predicted octanol–water partition coefficient (Wildman–Crippen LogP) is 1.69. The van der Waals surface area contributed by atoms with Gasteiger partial charge in [0.15, 0.2) is 0 Å². The molecule has 0 spiro atoms. The van der Waals surface area contributed by atoms with Crippen LogP contribution in [0.3, 0.4) is 0 Å². The molecule has 1 aromatic carbocycles. The third kappa shape index (κ3) is 3.02. The van der Waals surface area contributed by atoms with Gasteiger partial charge < -0.3 is 5.32 Å². The largest absolute Gasteiger partial charge is 0.315 e. The number of nitrogens with zero attached hydrogens (tertiary/aromatic N) is 2. The van der Waals surface area contributed by atoms with Crippen LogP contribution >= 0.6 is 0 Å². The molecule has 17 heavy (non-hydrogen) atoms. The highest BCUT2D eigenvalue weighted by Crippen LogP contribution is 2.21. The van der Waals surface area contributed by atoms with Gasteiger partial charge in [0.05, 0.1) is 6.07 Å². The van der Waals surface area contributed by atoms with Gasteiger partial charge in [0.25, 0.3) is 0 Å². The summed E-state index contributed by atoms with van der Waals surface area (Å²) in [4.78, 5) is 2.11. The molecule has 0 bridgehead atoms. The van der Waals surface area contributed by atoms with Gasteiger partial charge in [0.1, 0.15) is 11.9 Å². The minimum atomic E-state index is -0.342. The second kappa shape index (κ2) is 5.76. The molecule has 1 aliphatic rings. The van der Waals surface area contributed by atoms with Gasteiger partial charge in [0.2, 0.25) is 0 Å². The Morgan fingerprint density at radius 1 is 1.35 bits per heavy atom. The molecule has 3 nitrogen and oxygen atoms in total. The molecule has 1 heterocycles. The van der Waals surface area contributed by atoms with Gasteiger partial charge in [-0.1, -0.05) is 12.1 Å². The molecule has 1 aromatic rings. The number of benzene rings is 1. The normalized spacial score (nSPS) is 19.3. The summed E-state index contributed by atoms with van der Waals surface area (Å²) in [7, 11) is 0. The minimum Gasteiger partial charge on any atom is -0.315 e. The van der Waals surface area contributed by atoms with E-state index >= 15 is 0 Å². The first-order valence-electron chi connectivity index (χ1n) is 5.91. The summed E-state index contributed by atoms with van der Waals surface area (Å²) < 4.78 is 13.2. The zero-order chi connectivity index (χ0) is 12.1. The Kier molecular flexibility index (Phi) is 4.08. The quantitative estimate of drug-likeness (QED) is 0.844.